The minimum Gasteiger partial charge on any atom is -0.434 e. The fourth-order valence-corrected chi connectivity index (χ4v) is 1.47. The van der Waals surface area contributed by atoms with Crippen LogP contribution >= 0.6 is 0 Å². The number of benzene rings is 1. The van der Waals surface area contributed by atoms with Gasteiger partial charge < -0.3 is 14.2 Å². The van der Waals surface area contributed by atoms with E-state index in [-0.39, 0.29) is 0 Å². The van der Waals surface area contributed by atoms with Gasteiger partial charge >= 0.3 is 12.1 Å². The Balaban J connectivity index is 2.67. The van der Waals surface area contributed by atoms with E-state index in [2.05, 4.69) is 6.58 Å². The zero-order valence-corrected chi connectivity index (χ0v) is 11.6. The molecule has 1 aromatic carbocycles. The summed E-state index contributed by atoms with van der Waals surface area (Å²) in [4.78, 5) is 22.2. The van der Waals surface area contributed by atoms with Crippen LogP contribution in [-0.2, 0) is 14.3 Å². The van der Waals surface area contributed by atoms with Crippen LogP contribution in [-0.4, -0.2) is 18.7 Å². The lowest BCUT2D eigenvalue weighted by atomic mass is 10.1. The Morgan fingerprint density at radius 2 is 1.95 bits per heavy atom. The second kappa shape index (κ2) is 7.99. The van der Waals surface area contributed by atoms with Crippen molar-refractivity contribution in [2.24, 2.45) is 0 Å². The Morgan fingerprint density at radius 1 is 1.30 bits per heavy atom. The smallest absolute Gasteiger partial charge is 0.434 e. The molecule has 0 radical (unpaired) electrons. The van der Waals surface area contributed by atoms with Crippen molar-refractivity contribution in [3.05, 3.63) is 42.5 Å². The van der Waals surface area contributed by atoms with E-state index in [1.165, 1.54) is 13.0 Å². The van der Waals surface area contributed by atoms with Gasteiger partial charge in [-0.15, -0.1) is 0 Å². The third-order valence-electron chi connectivity index (χ3n) is 2.33. The summed E-state index contributed by atoms with van der Waals surface area (Å²) in [5.74, 6) is 0.0371. The molecule has 0 saturated carbocycles. The number of carbonyl (C=O) groups is 2. The third kappa shape index (κ3) is 5.14. The lowest BCUT2D eigenvalue weighted by Crippen LogP contribution is -2.12. The Morgan fingerprint density at radius 3 is 2.45 bits per heavy atom. The van der Waals surface area contributed by atoms with Crippen LogP contribution in [0.2, 0.25) is 0 Å². The highest BCUT2D eigenvalue weighted by Gasteiger charge is 2.14. The lowest BCUT2D eigenvalue weighted by molar-refractivity contribution is -0.131. The van der Waals surface area contributed by atoms with Crippen LogP contribution in [0.3, 0.4) is 0 Å². The molecule has 108 valence electrons. The van der Waals surface area contributed by atoms with Crippen molar-refractivity contribution in [2.45, 2.75) is 26.4 Å². The largest absolute Gasteiger partial charge is 0.509 e. The maximum atomic E-state index is 11.4. The second-order valence-corrected chi connectivity index (χ2v) is 4.04. The van der Waals surface area contributed by atoms with Gasteiger partial charge in [0.05, 0.1) is 6.61 Å². The zero-order valence-electron chi connectivity index (χ0n) is 11.6. The topological polar surface area (TPSA) is 61.8 Å². The van der Waals surface area contributed by atoms with Crippen LogP contribution in [0.4, 0.5) is 4.79 Å². The molecular formula is C15H18O5. The number of hydrogen-bond donors (Lipinski definition) is 0. The van der Waals surface area contributed by atoms with Gasteiger partial charge in [0.1, 0.15) is 11.9 Å². The third-order valence-corrected chi connectivity index (χ3v) is 2.33. The van der Waals surface area contributed by atoms with Crippen LogP contribution in [0.1, 0.15) is 31.9 Å². The molecule has 0 unspecified atom stereocenters. The summed E-state index contributed by atoms with van der Waals surface area (Å²) in [6, 6.07) is 6.62. The molecule has 1 atom stereocenters. The summed E-state index contributed by atoms with van der Waals surface area (Å²) < 4.78 is 14.9. The number of ether oxygens (including phenoxy) is 3. The van der Waals surface area contributed by atoms with Crippen LogP contribution in [0.15, 0.2) is 36.9 Å². The van der Waals surface area contributed by atoms with Gasteiger partial charge in [0.2, 0.25) is 0 Å². The second-order valence-electron chi connectivity index (χ2n) is 4.04. The summed E-state index contributed by atoms with van der Waals surface area (Å²) in [6.07, 6.45) is 0.880. The van der Waals surface area contributed by atoms with Crippen molar-refractivity contribution in [2.75, 3.05) is 6.61 Å². The quantitative estimate of drug-likeness (QED) is 0.453. The van der Waals surface area contributed by atoms with E-state index >= 15 is 0 Å². The highest BCUT2D eigenvalue weighted by atomic mass is 16.7. The Labute approximate surface area is 118 Å². The highest BCUT2D eigenvalue weighted by Crippen LogP contribution is 2.22. The average Bonchev–Trinajstić information content (AvgIpc) is 2.43. The minimum absolute atomic E-state index is 0.314. The summed E-state index contributed by atoms with van der Waals surface area (Å²) in [7, 11) is 0. The molecule has 0 aliphatic heterocycles. The van der Waals surface area contributed by atoms with Gasteiger partial charge in [0, 0.05) is 6.92 Å². The van der Waals surface area contributed by atoms with Crippen molar-refractivity contribution < 1.29 is 23.8 Å². The molecule has 0 aromatic heterocycles. The lowest BCUT2D eigenvalue weighted by Gasteiger charge is -2.14. The zero-order chi connectivity index (χ0) is 15.0. The van der Waals surface area contributed by atoms with Gasteiger partial charge in [-0.1, -0.05) is 25.6 Å². The Bertz CT molecular complexity index is 464. The van der Waals surface area contributed by atoms with Gasteiger partial charge in [0.15, 0.2) is 0 Å². The van der Waals surface area contributed by atoms with E-state index in [0.717, 1.165) is 6.42 Å². The molecule has 0 heterocycles. The molecule has 5 heteroatoms. The van der Waals surface area contributed by atoms with Gasteiger partial charge in [-0.05, 0) is 30.2 Å². The van der Waals surface area contributed by atoms with Crippen LogP contribution in [0, 0.1) is 0 Å². The molecule has 0 fully saturated rings. The van der Waals surface area contributed by atoms with Crippen LogP contribution < -0.4 is 4.74 Å². The van der Waals surface area contributed by atoms with Gasteiger partial charge in [0.25, 0.3) is 0 Å². The molecule has 1 aromatic rings. The molecule has 20 heavy (non-hydrogen) atoms. The first-order chi connectivity index (χ1) is 9.56. The fraction of sp³-hybridized carbons (Fsp3) is 0.333. The molecule has 1 rings (SSSR count). The average molecular weight is 278 g/mol. The molecule has 0 aliphatic carbocycles. The van der Waals surface area contributed by atoms with Crippen molar-refractivity contribution in [1.29, 1.82) is 0 Å². The Hall–Kier alpha value is -2.30. The molecule has 0 saturated heterocycles. The Kier molecular flexibility index (Phi) is 6.29. The molecule has 0 spiro atoms. The number of carbonyl (C=O) groups excluding carboxylic acids is 2. The van der Waals surface area contributed by atoms with E-state index in [0.29, 0.717) is 17.9 Å². The van der Waals surface area contributed by atoms with E-state index in [4.69, 9.17) is 14.2 Å². The summed E-state index contributed by atoms with van der Waals surface area (Å²) in [5, 5.41) is 0. The van der Waals surface area contributed by atoms with E-state index in [9.17, 15) is 9.59 Å². The van der Waals surface area contributed by atoms with E-state index in [1.54, 1.807) is 24.3 Å². The van der Waals surface area contributed by atoms with Crippen molar-refractivity contribution in [3.63, 3.8) is 0 Å². The summed E-state index contributed by atoms with van der Waals surface area (Å²) >= 11 is 0. The minimum atomic E-state index is -0.735. The monoisotopic (exact) mass is 278 g/mol. The molecule has 5 nitrogen and oxygen atoms in total. The summed E-state index contributed by atoms with van der Waals surface area (Å²) in [6.45, 7) is 7.16. The maximum Gasteiger partial charge on any atom is 0.509 e. The molecular weight excluding hydrogens is 260 g/mol. The van der Waals surface area contributed by atoms with Crippen molar-refractivity contribution in [1.82, 2.24) is 0 Å². The molecule has 0 bridgehead atoms. The molecule has 0 aliphatic rings. The highest BCUT2D eigenvalue weighted by molar-refractivity contribution is 5.69. The van der Waals surface area contributed by atoms with E-state index in [1.807, 2.05) is 6.92 Å². The summed E-state index contributed by atoms with van der Waals surface area (Å²) in [5.41, 5.74) is 0.712. The first kappa shape index (κ1) is 15.8. The van der Waals surface area contributed by atoms with Crippen LogP contribution in [0.25, 0.3) is 0 Å². The van der Waals surface area contributed by atoms with Gasteiger partial charge in [-0.2, -0.15) is 0 Å². The molecule has 0 N–H and O–H groups in total. The predicted octanol–water partition coefficient (Wildman–Crippen LogP) is 3.40. The number of rotatable bonds is 6. The fourth-order valence-electron chi connectivity index (χ4n) is 1.47. The SMILES string of the molecule is C=C[C@H](OC(=O)OCCC)c1ccc(OC(C)=O)cc1. The molecule has 0 amide bonds. The van der Waals surface area contributed by atoms with Gasteiger partial charge in [-0.3, -0.25) is 4.79 Å². The number of esters is 1. The standard InChI is InChI=1S/C15H18O5/c1-4-10-18-15(17)20-14(5-2)12-6-8-13(9-7-12)19-11(3)16/h5-9,14H,2,4,10H2,1,3H3/t14-/m0/s1. The maximum absolute atomic E-state index is 11.4. The normalized spacial score (nSPS) is 11.3. The first-order valence-electron chi connectivity index (χ1n) is 6.31. The van der Waals surface area contributed by atoms with Gasteiger partial charge in [-0.25, -0.2) is 4.79 Å². The van der Waals surface area contributed by atoms with Crippen molar-refractivity contribution in [3.8, 4) is 5.75 Å². The number of hydrogen-bond acceptors (Lipinski definition) is 5. The van der Waals surface area contributed by atoms with E-state index < -0.39 is 18.2 Å². The predicted molar refractivity (Wildman–Crippen MR) is 73.4 cm³/mol. The first-order valence-corrected chi connectivity index (χ1v) is 6.31. The van der Waals surface area contributed by atoms with Crippen LogP contribution in [0.5, 0.6) is 5.75 Å². The van der Waals surface area contributed by atoms with Crippen molar-refractivity contribution >= 4 is 12.1 Å².